The molecule has 3 rings (SSSR count). The molecule has 0 unspecified atom stereocenters. The first-order chi connectivity index (χ1) is 11.6. The summed E-state index contributed by atoms with van der Waals surface area (Å²) in [5.74, 6) is 0.300. The number of hydrogen-bond donors (Lipinski definition) is 2. The van der Waals surface area contributed by atoms with Gasteiger partial charge in [0.2, 0.25) is 0 Å². The van der Waals surface area contributed by atoms with E-state index in [-0.39, 0.29) is 0 Å². The Bertz CT molecular complexity index is 638. The van der Waals surface area contributed by atoms with E-state index in [0.717, 1.165) is 12.1 Å². The smallest absolute Gasteiger partial charge is 0.120 e. The lowest BCUT2D eigenvalue weighted by Gasteiger charge is -2.37. The molecule has 0 atom stereocenters. The van der Waals surface area contributed by atoms with Crippen LogP contribution in [-0.4, -0.2) is 40.5 Å². The van der Waals surface area contributed by atoms with Crippen molar-refractivity contribution < 1.29 is 14.9 Å². The molecule has 1 saturated heterocycles. The molecule has 2 aromatic carbocycles. The van der Waals surface area contributed by atoms with E-state index >= 15 is 0 Å². The molecule has 0 aliphatic carbocycles. The van der Waals surface area contributed by atoms with Crippen molar-refractivity contribution in [3.63, 3.8) is 0 Å². The standard InChI is InChI=1S/C20H25NO3/c22-19-9-5-4-8-18(19)15-21(14-17-6-2-1-3-7-17)16-20(23)10-12-24-13-11-20/h1-9,22-23H,10-16H2. The highest BCUT2D eigenvalue weighted by Crippen LogP contribution is 2.25. The summed E-state index contributed by atoms with van der Waals surface area (Å²) in [6.07, 6.45) is 1.30. The number of benzene rings is 2. The van der Waals surface area contributed by atoms with Crippen LogP contribution < -0.4 is 0 Å². The molecule has 0 aromatic heterocycles. The van der Waals surface area contributed by atoms with Crippen molar-refractivity contribution in [2.75, 3.05) is 19.8 Å². The van der Waals surface area contributed by atoms with E-state index in [0.29, 0.717) is 44.9 Å². The lowest BCUT2D eigenvalue weighted by Crippen LogP contribution is -2.46. The number of phenolic OH excluding ortho intramolecular Hbond substituents is 1. The minimum absolute atomic E-state index is 0.300. The average Bonchev–Trinajstić information content (AvgIpc) is 2.58. The minimum atomic E-state index is -0.725. The Kier molecular flexibility index (Phi) is 5.51. The lowest BCUT2D eigenvalue weighted by molar-refractivity contribution is -0.0821. The van der Waals surface area contributed by atoms with Gasteiger partial charge in [0.15, 0.2) is 0 Å². The highest BCUT2D eigenvalue weighted by atomic mass is 16.5. The zero-order valence-corrected chi connectivity index (χ0v) is 13.9. The van der Waals surface area contributed by atoms with Crippen LogP contribution in [0, 0.1) is 0 Å². The summed E-state index contributed by atoms with van der Waals surface area (Å²) in [6, 6.07) is 17.6. The van der Waals surface area contributed by atoms with Crippen LogP contribution in [0.4, 0.5) is 0 Å². The van der Waals surface area contributed by atoms with Gasteiger partial charge in [0, 0.05) is 51.3 Å². The molecule has 128 valence electrons. The summed E-state index contributed by atoms with van der Waals surface area (Å²) in [4.78, 5) is 2.20. The molecular formula is C20H25NO3. The van der Waals surface area contributed by atoms with Gasteiger partial charge in [-0.25, -0.2) is 0 Å². The molecule has 4 heteroatoms. The molecule has 24 heavy (non-hydrogen) atoms. The second kappa shape index (κ2) is 7.79. The van der Waals surface area contributed by atoms with Gasteiger partial charge in [-0.15, -0.1) is 0 Å². The van der Waals surface area contributed by atoms with Gasteiger partial charge in [0.1, 0.15) is 5.75 Å². The highest BCUT2D eigenvalue weighted by Gasteiger charge is 2.32. The van der Waals surface area contributed by atoms with E-state index in [9.17, 15) is 10.2 Å². The fraction of sp³-hybridized carbons (Fsp3) is 0.400. The topological polar surface area (TPSA) is 52.9 Å². The molecule has 0 bridgehead atoms. The van der Waals surface area contributed by atoms with Gasteiger partial charge in [0.25, 0.3) is 0 Å². The van der Waals surface area contributed by atoms with Crippen LogP contribution >= 0.6 is 0 Å². The second-order valence-electron chi connectivity index (χ2n) is 6.60. The number of rotatable bonds is 6. The van der Waals surface area contributed by atoms with Crippen molar-refractivity contribution in [3.8, 4) is 5.75 Å². The molecular weight excluding hydrogens is 302 g/mol. The monoisotopic (exact) mass is 327 g/mol. The molecule has 1 fully saturated rings. The quantitative estimate of drug-likeness (QED) is 0.856. The van der Waals surface area contributed by atoms with E-state index in [1.54, 1.807) is 6.07 Å². The number of para-hydroxylation sites is 1. The minimum Gasteiger partial charge on any atom is -0.508 e. The lowest BCUT2D eigenvalue weighted by atomic mass is 9.93. The van der Waals surface area contributed by atoms with Crippen molar-refractivity contribution in [3.05, 3.63) is 65.7 Å². The number of aliphatic hydroxyl groups is 1. The summed E-state index contributed by atoms with van der Waals surface area (Å²) < 4.78 is 5.38. The van der Waals surface area contributed by atoms with Crippen molar-refractivity contribution in [2.24, 2.45) is 0 Å². The van der Waals surface area contributed by atoms with Gasteiger partial charge in [-0.1, -0.05) is 48.5 Å². The molecule has 0 radical (unpaired) electrons. The van der Waals surface area contributed by atoms with Gasteiger partial charge < -0.3 is 14.9 Å². The van der Waals surface area contributed by atoms with Crippen molar-refractivity contribution in [1.29, 1.82) is 0 Å². The molecule has 2 N–H and O–H groups in total. The van der Waals surface area contributed by atoms with Crippen LogP contribution in [0.1, 0.15) is 24.0 Å². The molecule has 1 aliphatic rings. The van der Waals surface area contributed by atoms with E-state index in [1.165, 1.54) is 5.56 Å². The first-order valence-electron chi connectivity index (χ1n) is 8.48. The highest BCUT2D eigenvalue weighted by molar-refractivity contribution is 5.31. The Labute approximate surface area is 143 Å². The second-order valence-corrected chi connectivity index (χ2v) is 6.60. The summed E-state index contributed by atoms with van der Waals surface area (Å²) >= 11 is 0. The average molecular weight is 327 g/mol. The zero-order chi connectivity index (χ0) is 16.8. The Morgan fingerprint density at radius 3 is 2.29 bits per heavy atom. The Morgan fingerprint density at radius 1 is 0.917 bits per heavy atom. The summed E-state index contributed by atoms with van der Waals surface area (Å²) in [6.45, 7) is 3.11. The van der Waals surface area contributed by atoms with Gasteiger partial charge in [0.05, 0.1) is 5.60 Å². The first-order valence-corrected chi connectivity index (χ1v) is 8.48. The third-order valence-electron chi connectivity index (χ3n) is 4.58. The molecule has 1 heterocycles. The number of phenols is 1. The molecule has 0 spiro atoms. The van der Waals surface area contributed by atoms with Crippen LogP contribution in [0.2, 0.25) is 0 Å². The van der Waals surface area contributed by atoms with E-state index in [4.69, 9.17) is 4.74 Å². The van der Waals surface area contributed by atoms with Crippen molar-refractivity contribution in [1.82, 2.24) is 4.90 Å². The van der Waals surface area contributed by atoms with Gasteiger partial charge in [-0.2, -0.15) is 0 Å². The normalized spacial score (nSPS) is 17.1. The SMILES string of the molecule is Oc1ccccc1CN(Cc1ccccc1)CC1(O)CCOCC1. The fourth-order valence-corrected chi connectivity index (χ4v) is 3.22. The molecule has 1 aliphatic heterocycles. The van der Waals surface area contributed by atoms with Gasteiger partial charge >= 0.3 is 0 Å². The predicted octanol–water partition coefficient (Wildman–Crippen LogP) is 2.94. The third kappa shape index (κ3) is 4.57. The number of aromatic hydroxyl groups is 1. The largest absolute Gasteiger partial charge is 0.508 e. The van der Waals surface area contributed by atoms with Crippen LogP contribution in [0.15, 0.2) is 54.6 Å². The first kappa shape index (κ1) is 17.0. The number of nitrogens with zero attached hydrogens (tertiary/aromatic N) is 1. The van der Waals surface area contributed by atoms with Crippen LogP contribution in [-0.2, 0) is 17.8 Å². The molecule has 2 aromatic rings. The van der Waals surface area contributed by atoms with Crippen molar-refractivity contribution in [2.45, 2.75) is 31.5 Å². The molecule has 0 saturated carbocycles. The fourth-order valence-electron chi connectivity index (χ4n) is 3.22. The summed E-state index contributed by atoms with van der Waals surface area (Å²) in [5.41, 5.74) is 1.35. The van der Waals surface area contributed by atoms with Crippen molar-refractivity contribution >= 4 is 0 Å². The number of ether oxygens (including phenoxy) is 1. The summed E-state index contributed by atoms with van der Waals surface area (Å²) in [7, 11) is 0. The predicted molar refractivity (Wildman–Crippen MR) is 93.7 cm³/mol. The van der Waals surface area contributed by atoms with E-state index in [2.05, 4.69) is 17.0 Å². The number of hydrogen-bond acceptors (Lipinski definition) is 4. The maximum atomic E-state index is 10.9. The van der Waals surface area contributed by atoms with Crippen LogP contribution in [0.5, 0.6) is 5.75 Å². The zero-order valence-electron chi connectivity index (χ0n) is 13.9. The summed E-state index contributed by atoms with van der Waals surface area (Å²) in [5, 5.41) is 21.0. The maximum Gasteiger partial charge on any atom is 0.120 e. The Hall–Kier alpha value is -1.88. The Morgan fingerprint density at radius 2 is 1.58 bits per heavy atom. The van der Waals surface area contributed by atoms with Crippen LogP contribution in [0.3, 0.4) is 0 Å². The Balaban J connectivity index is 1.76. The molecule has 4 nitrogen and oxygen atoms in total. The van der Waals surface area contributed by atoms with Gasteiger partial charge in [-0.3, -0.25) is 4.90 Å². The molecule has 0 amide bonds. The van der Waals surface area contributed by atoms with E-state index in [1.807, 2.05) is 36.4 Å². The van der Waals surface area contributed by atoms with Gasteiger partial charge in [-0.05, 0) is 11.6 Å². The maximum absolute atomic E-state index is 10.9. The third-order valence-corrected chi connectivity index (χ3v) is 4.58. The van der Waals surface area contributed by atoms with Crippen LogP contribution in [0.25, 0.3) is 0 Å². The van der Waals surface area contributed by atoms with E-state index < -0.39 is 5.60 Å².